The SMILES string of the molecule is [2H]C([2H])([2H])c1ccc2c(c1)oc1c(-c3cc(-c4ccc(C([2H])([2H])C5CCCC5)cc4C([2H])([2H])[2H])c(C([2H])([2H])[2H])cn3)cccc12. The lowest BCUT2D eigenvalue weighted by Gasteiger charge is -2.14. The van der Waals surface area contributed by atoms with Crippen LogP contribution in [0.3, 0.4) is 0 Å². The van der Waals surface area contributed by atoms with Crippen molar-refractivity contribution in [2.45, 2.75) is 52.6 Å². The Kier molecular flexibility index (Phi) is 3.06. The molecule has 2 heteroatoms. The molecule has 170 valence electrons. The first kappa shape index (κ1) is 12.4. The Balaban J connectivity index is 1.55. The van der Waals surface area contributed by atoms with Gasteiger partial charge in [-0.15, -0.1) is 0 Å². The van der Waals surface area contributed by atoms with Gasteiger partial charge in [-0.2, -0.15) is 0 Å². The largest absolute Gasteiger partial charge is 0.455 e. The molecule has 34 heavy (non-hydrogen) atoms. The molecule has 0 unspecified atom stereocenters. The van der Waals surface area contributed by atoms with Crippen LogP contribution in [0.4, 0.5) is 0 Å². The fourth-order valence-electron chi connectivity index (χ4n) is 5.00. The first-order valence-electron chi connectivity index (χ1n) is 17.1. The molecule has 0 bridgehead atoms. The molecule has 2 aromatic heterocycles. The molecule has 0 N–H and O–H groups in total. The van der Waals surface area contributed by atoms with Crippen LogP contribution in [-0.2, 0) is 6.37 Å². The van der Waals surface area contributed by atoms with Crippen molar-refractivity contribution < 1.29 is 19.5 Å². The van der Waals surface area contributed by atoms with Crippen LogP contribution in [-0.4, -0.2) is 4.98 Å². The maximum Gasteiger partial charge on any atom is 0.144 e. The highest BCUT2D eigenvalue weighted by molar-refractivity contribution is 6.09. The number of benzene rings is 3. The second kappa shape index (κ2) is 8.43. The number of hydrogen-bond donors (Lipinski definition) is 0. The number of nitrogens with zero attached hydrogens (tertiary/aromatic N) is 1. The van der Waals surface area contributed by atoms with Crippen molar-refractivity contribution in [3.05, 3.63) is 89.1 Å². The predicted octanol–water partition coefficient (Wildman–Crippen LogP) is 8.97. The van der Waals surface area contributed by atoms with Crippen molar-refractivity contribution in [3.63, 3.8) is 0 Å². The van der Waals surface area contributed by atoms with E-state index in [1.165, 1.54) is 36.5 Å². The maximum atomic E-state index is 8.84. The number of hydrogen-bond acceptors (Lipinski definition) is 2. The van der Waals surface area contributed by atoms with Crippen LogP contribution in [0.15, 0.2) is 71.3 Å². The number of para-hydroxylation sites is 1. The zero-order valence-electron chi connectivity index (χ0n) is 29.6. The Morgan fingerprint density at radius 1 is 0.882 bits per heavy atom. The molecular formula is C32H31NO. The fourth-order valence-corrected chi connectivity index (χ4v) is 5.00. The van der Waals surface area contributed by atoms with E-state index in [9.17, 15) is 0 Å². The molecular weight excluding hydrogens is 414 g/mol. The molecule has 0 saturated heterocycles. The van der Waals surface area contributed by atoms with Crippen molar-refractivity contribution in [3.8, 4) is 22.4 Å². The smallest absolute Gasteiger partial charge is 0.144 e. The summed E-state index contributed by atoms with van der Waals surface area (Å²) in [7, 11) is 0. The number of aromatic nitrogens is 1. The van der Waals surface area contributed by atoms with E-state index < -0.39 is 26.9 Å². The Morgan fingerprint density at radius 3 is 2.65 bits per heavy atom. The lowest BCUT2D eigenvalue weighted by Crippen LogP contribution is -1.99. The molecule has 0 spiro atoms. The number of fused-ring (bicyclic) bond motifs is 3. The van der Waals surface area contributed by atoms with E-state index in [0.29, 0.717) is 33.2 Å². The van der Waals surface area contributed by atoms with Crippen molar-refractivity contribution in [2.24, 2.45) is 5.92 Å². The number of rotatable bonds is 4. The summed E-state index contributed by atoms with van der Waals surface area (Å²) in [6.07, 6.45) is 2.78. The third-order valence-electron chi connectivity index (χ3n) is 6.71. The van der Waals surface area contributed by atoms with E-state index in [-0.39, 0.29) is 39.3 Å². The average molecular weight is 457 g/mol. The number of aryl methyl sites for hydroxylation is 3. The summed E-state index contributed by atoms with van der Waals surface area (Å²) in [5, 5.41) is 1.42. The van der Waals surface area contributed by atoms with Crippen molar-refractivity contribution in [1.82, 2.24) is 4.98 Å². The van der Waals surface area contributed by atoms with Crippen LogP contribution in [0.1, 0.15) is 63.0 Å². The minimum atomic E-state index is -2.66. The van der Waals surface area contributed by atoms with E-state index >= 15 is 0 Å². The molecule has 2 heterocycles. The lowest BCUT2D eigenvalue weighted by molar-refractivity contribution is 0.546. The second-order valence-corrected chi connectivity index (χ2v) is 9.00. The van der Waals surface area contributed by atoms with Crippen LogP contribution >= 0.6 is 0 Å². The zero-order valence-corrected chi connectivity index (χ0v) is 18.6. The highest BCUT2D eigenvalue weighted by Gasteiger charge is 2.17. The fraction of sp³-hybridized carbons (Fsp3) is 0.281. The van der Waals surface area contributed by atoms with Crippen LogP contribution in [0.25, 0.3) is 44.3 Å². The van der Waals surface area contributed by atoms with Gasteiger partial charge in [-0.3, -0.25) is 4.98 Å². The minimum Gasteiger partial charge on any atom is -0.455 e. The van der Waals surface area contributed by atoms with Gasteiger partial charge in [0.2, 0.25) is 0 Å². The predicted molar refractivity (Wildman–Crippen MR) is 142 cm³/mol. The summed E-state index contributed by atoms with van der Waals surface area (Å²) >= 11 is 0. The van der Waals surface area contributed by atoms with Crippen LogP contribution < -0.4 is 0 Å². The molecule has 1 fully saturated rings. The van der Waals surface area contributed by atoms with E-state index in [1.54, 1.807) is 24.3 Å². The Hall–Kier alpha value is -3.39. The van der Waals surface area contributed by atoms with Gasteiger partial charge < -0.3 is 4.42 Å². The second-order valence-electron chi connectivity index (χ2n) is 9.00. The van der Waals surface area contributed by atoms with E-state index in [2.05, 4.69) is 4.98 Å². The van der Waals surface area contributed by atoms with Crippen LogP contribution in [0.5, 0.6) is 0 Å². The summed E-state index contributed by atoms with van der Waals surface area (Å²) in [5.41, 5.74) is 2.09. The molecule has 2 nitrogen and oxygen atoms in total. The van der Waals surface area contributed by atoms with Gasteiger partial charge in [0.1, 0.15) is 11.2 Å². The normalized spacial score (nSPS) is 20.8. The number of pyridine rings is 1. The van der Waals surface area contributed by atoms with E-state index in [0.717, 1.165) is 25.7 Å². The molecule has 0 amide bonds. The summed E-state index contributed by atoms with van der Waals surface area (Å²) in [5.74, 6) is -0.224. The van der Waals surface area contributed by atoms with E-state index in [1.807, 2.05) is 6.07 Å². The summed E-state index contributed by atoms with van der Waals surface area (Å²) < 4.78 is 96.8. The van der Waals surface area contributed by atoms with Gasteiger partial charge in [0.05, 0.1) is 5.69 Å². The van der Waals surface area contributed by atoms with Crippen molar-refractivity contribution in [1.29, 1.82) is 0 Å². The highest BCUT2D eigenvalue weighted by Crippen LogP contribution is 2.38. The first-order valence-corrected chi connectivity index (χ1v) is 11.6. The Morgan fingerprint density at radius 2 is 1.79 bits per heavy atom. The average Bonchev–Trinajstić information content (AvgIpc) is 3.64. The number of furan rings is 1. The quantitative estimate of drug-likeness (QED) is 0.270. The summed E-state index contributed by atoms with van der Waals surface area (Å²) in [4.78, 5) is 4.47. The third-order valence-corrected chi connectivity index (χ3v) is 6.71. The molecule has 0 atom stereocenters. The van der Waals surface area contributed by atoms with Gasteiger partial charge in [-0.05, 0) is 84.4 Å². The Bertz CT molecular complexity index is 1910. The molecule has 1 aliphatic rings. The first-order chi connectivity index (χ1) is 21.0. The van der Waals surface area contributed by atoms with Crippen molar-refractivity contribution in [2.75, 3.05) is 0 Å². The molecule has 0 aliphatic heterocycles. The monoisotopic (exact) mass is 456 g/mol. The zero-order chi connectivity index (χ0) is 32.5. The topological polar surface area (TPSA) is 26.0 Å². The van der Waals surface area contributed by atoms with Gasteiger partial charge in [-0.25, -0.2) is 0 Å². The lowest BCUT2D eigenvalue weighted by atomic mass is 9.91. The third kappa shape index (κ3) is 3.72. The highest BCUT2D eigenvalue weighted by atomic mass is 16.3. The van der Waals surface area contributed by atoms with Gasteiger partial charge in [0.25, 0.3) is 0 Å². The van der Waals surface area contributed by atoms with Gasteiger partial charge >= 0.3 is 0 Å². The van der Waals surface area contributed by atoms with Gasteiger partial charge in [0.15, 0.2) is 0 Å². The van der Waals surface area contributed by atoms with E-state index in [4.69, 9.17) is 19.5 Å². The molecule has 1 saturated carbocycles. The Labute approximate surface area is 217 Å². The minimum absolute atomic E-state index is 0.135. The molecule has 0 radical (unpaired) electrons. The van der Waals surface area contributed by atoms with Crippen LogP contribution in [0.2, 0.25) is 0 Å². The molecule has 1 aliphatic carbocycles. The standard InChI is InChI=1S/C32H31NO/c1-20-11-13-26-27-9-6-10-28(32(27)34-31(26)15-20)30-18-29(22(3)19-33-30)25-14-12-24(16-21(25)2)17-23-7-4-5-8-23/h6,9-16,18-19,23H,4-5,7-8,17H2,1-3H3/i1D3,2D3,3D3,17D2. The summed E-state index contributed by atoms with van der Waals surface area (Å²) in [6.45, 7) is -7.60. The summed E-state index contributed by atoms with van der Waals surface area (Å²) in [6, 6.07) is 16.1. The molecule has 3 aromatic carbocycles. The van der Waals surface area contributed by atoms with Gasteiger partial charge in [0, 0.05) is 37.6 Å². The molecule has 6 rings (SSSR count). The van der Waals surface area contributed by atoms with Gasteiger partial charge in [-0.1, -0.05) is 68.1 Å². The van der Waals surface area contributed by atoms with Crippen molar-refractivity contribution >= 4 is 21.9 Å². The molecule has 5 aromatic rings. The maximum absolute atomic E-state index is 8.84. The van der Waals surface area contributed by atoms with Crippen LogP contribution in [0, 0.1) is 26.5 Å².